The lowest BCUT2D eigenvalue weighted by Gasteiger charge is -2.13. The highest BCUT2D eigenvalue weighted by Crippen LogP contribution is 2.31. The summed E-state index contributed by atoms with van der Waals surface area (Å²) in [5.41, 5.74) is 5.29. The molecule has 0 spiro atoms. The van der Waals surface area contributed by atoms with Crippen molar-refractivity contribution < 1.29 is 19.1 Å². The predicted molar refractivity (Wildman–Crippen MR) is 132 cm³/mol. The van der Waals surface area contributed by atoms with E-state index in [1.165, 1.54) is 0 Å². The van der Waals surface area contributed by atoms with E-state index in [-0.39, 0.29) is 12.5 Å². The van der Waals surface area contributed by atoms with Gasteiger partial charge in [0.25, 0.3) is 5.91 Å². The van der Waals surface area contributed by atoms with Crippen LogP contribution in [0.4, 0.5) is 5.69 Å². The fraction of sp³-hybridized carbons (Fsp3) is 0.192. The Morgan fingerprint density at radius 1 is 1.03 bits per heavy atom. The molecule has 3 aromatic carbocycles. The number of halogens is 1. The number of carbonyl (C=O) groups is 2. The van der Waals surface area contributed by atoms with Crippen LogP contribution in [0.5, 0.6) is 5.75 Å². The molecule has 1 heterocycles. The average molecular weight is 478 g/mol. The van der Waals surface area contributed by atoms with Crippen molar-refractivity contribution in [2.75, 3.05) is 17.6 Å². The fourth-order valence-electron chi connectivity index (χ4n) is 3.78. The SMILES string of the molecule is CCOC(=O)COc1cc(C)c(-c2nc3ccc(C(=O)N(Cl)c4ccccc4)cc3[nH]2)c(C)c1. The molecule has 7 nitrogen and oxygen atoms in total. The Balaban J connectivity index is 1.59. The molecule has 0 atom stereocenters. The van der Waals surface area contributed by atoms with E-state index in [0.29, 0.717) is 29.4 Å². The molecule has 0 unspecified atom stereocenters. The van der Waals surface area contributed by atoms with Gasteiger partial charge in [0.15, 0.2) is 6.61 Å². The number of imidazole rings is 1. The van der Waals surface area contributed by atoms with Crippen LogP contribution < -0.4 is 9.16 Å². The molecule has 0 bridgehead atoms. The number of fused-ring (bicyclic) bond motifs is 1. The number of para-hydroxylation sites is 1. The van der Waals surface area contributed by atoms with Crippen molar-refractivity contribution >= 4 is 40.4 Å². The number of amides is 1. The van der Waals surface area contributed by atoms with Crippen molar-refractivity contribution in [3.8, 4) is 17.1 Å². The van der Waals surface area contributed by atoms with Gasteiger partial charge in [-0.05, 0) is 74.4 Å². The van der Waals surface area contributed by atoms with Gasteiger partial charge in [-0.15, -0.1) is 0 Å². The Bertz CT molecular complexity index is 1330. The number of rotatable bonds is 7. The van der Waals surface area contributed by atoms with Crippen molar-refractivity contribution in [3.63, 3.8) is 0 Å². The summed E-state index contributed by atoms with van der Waals surface area (Å²) in [5, 5.41) is 0. The molecule has 0 aliphatic rings. The minimum atomic E-state index is -0.410. The van der Waals surface area contributed by atoms with E-state index in [0.717, 1.165) is 32.1 Å². The molecule has 34 heavy (non-hydrogen) atoms. The van der Waals surface area contributed by atoms with Crippen LogP contribution in [0.3, 0.4) is 0 Å². The molecule has 0 aliphatic carbocycles. The minimum Gasteiger partial charge on any atom is -0.482 e. The molecule has 0 saturated heterocycles. The van der Waals surface area contributed by atoms with E-state index in [1.54, 1.807) is 37.3 Å². The number of carbonyl (C=O) groups excluding carboxylic acids is 2. The number of aromatic nitrogens is 2. The first-order valence-corrected chi connectivity index (χ1v) is 11.2. The largest absolute Gasteiger partial charge is 0.482 e. The normalized spacial score (nSPS) is 10.8. The summed E-state index contributed by atoms with van der Waals surface area (Å²) in [6.45, 7) is 5.82. The summed E-state index contributed by atoms with van der Waals surface area (Å²) in [7, 11) is 0. The van der Waals surface area contributed by atoms with Crippen LogP contribution in [0.1, 0.15) is 28.4 Å². The third-order valence-corrected chi connectivity index (χ3v) is 5.64. The lowest BCUT2D eigenvalue weighted by Crippen LogP contribution is -2.20. The van der Waals surface area contributed by atoms with E-state index >= 15 is 0 Å². The van der Waals surface area contributed by atoms with E-state index in [2.05, 4.69) is 4.98 Å². The third-order valence-electron chi connectivity index (χ3n) is 5.30. The number of aryl methyl sites for hydroxylation is 2. The van der Waals surface area contributed by atoms with Gasteiger partial charge < -0.3 is 14.5 Å². The molecule has 8 heteroatoms. The van der Waals surface area contributed by atoms with Crippen LogP contribution in [0.25, 0.3) is 22.4 Å². The number of nitrogens with zero attached hydrogens (tertiary/aromatic N) is 2. The molecular formula is C26H24ClN3O4. The first kappa shape index (κ1) is 23.3. The van der Waals surface area contributed by atoms with Crippen molar-refractivity contribution in [1.82, 2.24) is 9.97 Å². The summed E-state index contributed by atoms with van der Waals surface area (Å²) >= 11 is 6.28. The number of nitrogens with one attached hydrogen (secondary N) is 1. The van der Waals surface area contributed by atoms with E-state index in [1.807, 2.05) is 44.2 Å². The van der Waals surface area contributed by atoms with Gasteiger partial charge in [-0.25, -0.2) is 14.2 Å². The Labute approximate surface area is 202 Å². The molecule has 0 aliphatic heterocycles. The summed E-state index contributed by atoms with van der Waals surface area (Å²) in [6, 6.07) is 18.0. The van der Waals surface area contributed by atoms with Gasteiger partial charge in [-0.3, -0.25) is 4.79 Å². The van der Waals surface area contributed by atoms with Crippen LogP contribution in [-0.2, 0) is 9.53 Å². The number of esters is 1. The van der Waals surface area contributed by atoms with Crippen molar-refractivity contribution in [2.24, 2.45) is 0 Å². The molecule has 1 N–H and O–H groups in total. The number of H-pyrrole nitrogens is 1. The number of ether oxygens (including phenoxy) is 2. The zero-order chi connectivity index (χ0) is 24.2. The Morgan fingerprint density at radius 2 is 1.74 bits per heavy atom. The fourth-order valence-corrected chi connectivity index (χ4v) is 3.99. The van der Waals surface area contributed by atoms with Crippen LogP contribution in [-0.4, -0.2) is 35.1 Å². The Morgan fingerprint density at radius 3 is 2.41 bits per heavy atom. The van der Waals surface area contributed by atoms with Crippen molar-refractivity contribution in [3.05, 3.63) is 77.4 Å². The van der Waals surface area contributed by atoms with E-state index in [9.17, 15) is 9.59 Å². The summed E-state index contributed by atoms with van der Waals surface area (Å²) in [5.74, 6) is 0.518. The minimum absolute atomic E-state index is 0.145. The molecular weight excluding hydrogens is 454 g/mol. The second-order valence-electron chi connectivity index (χ2n) is 7.76. The van der Waals surface area contributed by atoms with E-state index in [4.69, 9.17) is 26.2 Å². The first-order chi connectivity index (χ1) is 16.4. The number of anilines is 1. The predicted octanol–water partition coefficient (Wildman–Crippen LogP) is 5.59. The second-order valence-corrected chi connectivity index (χ2v) is 8.10. The quantitative estimate of drug-likeness (QED) is 0.277. The molecule has 4 aromatic rings. The highest BCUT2D eigenvalue weighted by Gasteiger charge is 2.18. The van der Waals surface area contributed by atoms with Crippen LogP contribution in [0.2, 0.25) is 0 Å². The number of benzene rings is 3. The van der Waals surface area contributed by atoms with Crippen LogP contribution >= 0.6 is 11.8 Å². The molecule has 1 aromatic heterocycles. The smallest absolute Gasteiger partial charge is 0.344 e. The summed E-state index contributed by atoms with van der Waals surface area (Å²) in [4.78, 5) is 32.5. The lowest BCUT2D eigenvalue weighted by molar-refractivity contribution is -0.145. The van der Waals surface area contributed by atoms with Crippen LogP contribution in [0.15, 0.2) is 60.7 Å². The van der Waals surface area contributed by atoms with Crippen molar-refractivity contribution in [1.29, 1.82) is 0 Å². The van der Waals surface area contributed by atoms with Gasteiger partial charge in [0.05, 0.1) is 23.3 Å². The third kappa shape index (κ3) is 4.89. The highest BCUT2D eigenvalue weighted by atomic mass is 35.5. The standard InChI is InChI=1S/C26H24ClN3O4/c1-4-33-23(31)15-34-20-12-16(2)24(17(3)13-20)25-28-21-11-10-18(14-22(21)29-25)26(32)30(27)19-8-6-5-7-9-19/h5-14H,4,15H2,1-3H3,(H,28,29). The lowest BCUT2D eigenvalue weighted by atomic mass is 10.0. The van der Waals surface area contributed by atoms with Gasteiger partial charge in [0, 0.05) is 22.9 Å². The monoisotopic (exact) mass is 477 g/mol. The average Bonchev–Trinajstić information content (AvgIpc) is 3.25. The molecule has 174 valence electrons. The first-order valence-electron chi connectivity index (χ1n) is 10.8. The number of hydrogen-bond acceptors (Lipinski definition) is 5. The molecule has 0 fully saturated rings. The Hall–Kier alpha value is -3.84. The second kappa shape index (κ2) is 9.97. The summed E-state index contributed by atoms with van der Waals surface area (Å²) < 4.78 is 11.6. The van der Waals surface area contributed by atoms with Gasteiger partial charge in [0.2, 0.25) is 0 Å². The van der Waals surface area contributed by atoms with E-state index < -0.39 is 5.97 Å². The number of aromatic amines is 1. The maximum atomic E-state index is 12.9. The molecule has 0 radical (unpaired) electrons. The maximum absolute atomic E-state index is 12.9. The van der Waals surface area contributed by atoms with Crippen molar-refractivity contribution in [2.45, 2.75) is 20.8 Å². The summed E-state index contributed by atoms with van der Waals surface area (Å²) in [6.07, 6.45) is 0. The van der Waals surface area contributed by atoms with Crippen LogP contribution in [0, 0.1) is 13.8 Å². The highest BCUT2D eigenvalue weighted by molar-refractivity contribution is 6.39. The van der Waals surface area contributed by atoms with Gasteiger partial charge in [0.1, 0.15) is 11.6 Å². The molecule has 1 amide bonds. The van der Waals surface area contributed by atoms with Gasteiger partial charge in [-0.1, -0.05) is 18.2 Å². The Kier molecular flexibility index (Phi) is 6.84. The zero-order valence-corrected chi connectivity index (χ0v) is 19.8. The maximum Gasteiger partial charge on any atom is 0.344 e. The molecule has 0 saturated carbocycles. The zero-order valence-electron chi connectivity index (χ0n) is 19.1. The van der Waals surface area contributed by atoms with Gasteiger partial charge >= 0.3 is 5.97 Å². The number of hydrogen-bond donors (Lipinski definition) is 1. The van der Waals surface area contributed by atoms with Gasteiger partial charge in [-0.2, -0.15) is 0 Å². The topological polar surface area (TPSA) is 84.5 Å². The molecule has 4 rings (SSSR count).